The van der Waals surface area contributed by atoms with Crippen molar-refractivity contribution in [3.05, 3.63) is 0 Å². The largest absolute Gasteiger partial charge is 0.468 e. The Morgan fingerprint density at radius 2 is 1.94 bits per heavy atom. The molecule has 0 radical (unpaired) electrons. The summed E-state index contributed by atoms with van der Waals surface area (Å²) in [5, 5.41) is 0. The molecule has 0 aliphatic heterocycles. The molecule has 0 fully saturated rings. The monoisotopic (exact) mass is 230 g/mol. The van der Waals surface area contributed by atoms with E-state index in [0.717, 1.165) is 6.42 Å². The van der Waals surface area contributed by atoms with Gasteiger partial charge in [0.1, 0.15) is 6.54 Å². The average Bonchev–Trinajstić information content (AvgIpc) is 2.24. The Labute approximate surface area is 96.9 Å². The minimum Gasteiger partial charge on any atom is -0.468 e. The first-order chi connectivity index (χ1) is 7.43. The van der Waals surface area contributed by atoms with E-state index in [0.29, 0.717) is 6.42 Å². The predicted octanol–water partition coefficient (Wildman–Crippen LogP) is 0.524. The van der Waals surface area contributed by atoms with Crippen molar-refractivity contribution in [1.82, 2.24) is 4.90 Å². The van der Waals surface area contributed by atoms with Gasteiger partial charge in [0.05, 0.1) is 13.2 Å². The maximum Gasteiger partial charge on any atom is 0.325 e. The summed E-state index contributed by atoms with van der Waals surface area (Å²) < 4.78 is 4.55. The van der Waals surface area contributed by atoms with Crippen molar-refractivity contribution in [2.75, 3.05) is 13.7 Å². The van der Waals surface area contributed by atoms with Crippen molar-refractivity contribution in [2.24, 2.45) is 5.73 Å². The summed E-state index contributed by atoms with van der Waals surface area (Å²) in [7, 11) is 1.30. The van der Waals surface area contributed by atoms with Crippen molar-refractivity contribution in [3.63, 3.8) is 0 Å². The Morgan fingerprint density at radius 1 is 1.38 bits per heavy atom. The second kappa shape index (κ2) is 7.22. The molecule has 0 unspecified atom stereocenters. The lowest BCUT2D eigenvalue weighted by atomic mass is 10.1. The highest BCUT2D eigenvalue weighted by molar-refractivity contribution is 5.85. The lowest BCUT2D eigenvalue weighted by Gasteiger charge is -2.28. The maximum atomic E-state index is 11.9. The number of rotatable bonds is 6. The molecule has 5 nitrogen and oxygen atoms in total. The average molecular weight is 230 g/mol. The Morgan fingerprint density at radius 3 is 2.31 bits per heavy atom. The topological polar surface area (TPSA) is 72.6 Å². The number of carbonyl (C=O) groups is 2. The standard InChI is InChI=1S/C11H22N2O3/c1-5-6-9(12)11(15)13(8(2)3)7-10(14)16-4/h8-9H,5-7,12H2,1-4H3/t9-/m0/s1. The summed E-state index contributed by atoms with van der Waals surface area (Å²) in [4.78, 5) is 24.5. The molecule has 1 atom stereocenters. The van der Waals surface area contributed by atoms with Crippen LogP contribution in [0.15, 0.2) is 0 Å². The molecular formula is C11H22N2O3. The van der Waals surface area contributed by atoms with E-state index < -0.39 is 12.0 Å². The molecule has 1 amide bonds. The lowest BCUT2D eigenvalue weighted by Crippen LogP contribution is -2.49. The van der Waals surface area contributed by atoms with Gasteiger partial charge in [0.25, 0.3) is 0 Å². The zero-order chi connectivity index (χ0) is 12.7. The van der Waals surface area contributed by atoms with E-state index in [-0.39, 0.29) is 18.5 Å². The van der Waals surface area contributed by atoms with E-state index in [2.05, 4.69) is 4.74 Å². The Bertz CT molecular complexity index is 241. The summed E-state index contributed by atoms with van der Waals surface area (Å²) in [6.07, 6.45) is 1.47. The second-order valence-electron chi connectivity index (χ2n) is 4.03. The van der Waals surface area contributed by atoms with Crippen LogP contribution in [0.4, 0.5) is 0 Å². The number of amides is 1. The molecule has 0 saturated carbocycles. The first kappa shape index (κ1) is 14.9. The van der Waals surface area contributed by atoms with Crippen molar-refractivity contribution < 1.29 is 14.3 Å². The molecule has 0 aliphatic rings. The Hall–Kier alpha value is -1.10. The van der Waals surface area contributed by atoms with E-state index in [1.807, 2.05) is 20.8 Å². The number of methoxy groups -OCH3 is 1. The molecule has 2 N–H and O–H groups in total. The van der Waals surface area contributed by atoms with E-state index in [1.54, 1.807) is 0 Å². The van der Waals surface area contributed by atoms with Gasteiger partial charge in [-0.3, -0.25) is 9.59 Å². The molecule has 0 bridgehead atoms. The number of nitrogens with zero attached hydrogens (tertiary/aromatic N) is 1. The fourth-order valence-corrected chi connectivity index (χ4v) is 1.37. The number of nitrogens with two attached hydrogens (primary N) is 1. The summed E-state index contributed by atoms with van der Waals surface area (Å²) in [6.45, 7) is 5.62. The van der Waals surface area contributed by atoms with Crippen molar-refractivity contribution >= 4 is 11.9 Å². The van der Waals surface area contributed by atoms with Gasteiger partial charge in [0.2, 0.25) is 5.91 Å². The lowest BCUT2D eigenvalue weighted by molar-refractivity contribution is -0.148. The summed E-state index contributed by atoms with van der Waals surface area (Å²) in [5.41, 5.74) is 5.74. The first-order valence-corrected chi connectivity index (χ1v) is 5.56. The summed E-state index contributed by atoms with van der Waals surface area (Å²) in [6, 6.07) is -0.591. The van der Waals surface area contributed by atoms with Gasteiger partial charge >= 0.3 is 5.97 Å². The van der Waals surface area contributed by atoms with Crippen LogP contribution in [-0.2, 0) is 14.3 Å². The normalized spacial score (nSPS) is 12.4. The molecule has 0 rings (SSSR count). The van der Waals surface area contributed by atoms with E-state index >= 15 is 0 Å². The first-order valence-electron chi connectivity index (χ1n) is 5.56. The zero-order valence-corrected chi connectivity index (χ0v) is 10.5. The molecule has 94 valence electrons. The van der Waals surface area contributed by atoms with Crippen LogP contribution in [0.3, 0.4) is 0 Å². The second-order valence-corrected chi connectivity index (χ2v) is 4.03. The Kier molecular flexibility index (Phi) is 6.72. The van der Waals surface area contributed by atoms with Gasteiger partial charge in [0, 0.05) is 6.04 Å². The molecule has 0 spiro atoms. The molecule has 0 heterocycles. The van der Waals surface area contributed by atoms with Gasteiger partial charge in [0.15, 0.2) is 0 Å². The molecule has 0 aromatic carbocycles. The van der Waals surface area contributed by atoms with E-state index in [4.69, 9.17) is 5.73 Å². The third kappa shape index (κ3) is 4.61. The van der Waals surface area contributed by atoms with Crippen LogP contribution < -0.4 is 5.73 Å². The fourth-order valence-electron chi connectivity index (χ4n) is 1.37. The third-order valence-electron chi connectivity index (χ3n) is 2.35. The van der Waals surface area contributed by atoms with Crippen molar-refractivity contribution in [3.8, 4) is 0 Å². The van der Waals surface area contributed by atoms with Crippen LogP contribution in [0.5, 0.6) is 0 Å². The van der Waals surface area contributed by atoms with Gasteiger partial charge in [-0.1, -0.05) is 13.3 Å². The highest BCUT2D eigenvalue weighted by atomic mass is 16.5. The Balaban J connectivity index is 4.52. The number of esters is 1. The quantitative estimate of drug-likeness (QED) is 0.675. The van der Waals surface area contributed by atoms with Crippen LogP contribution in [0.25, 0.3) is 0 Å². The van der Waals surface area contributed by atoms with Crippen LogP contribution in [0.1, 0.15) is 33.6 Å². The van der Waals surface area contributed by atoms with Crippen LogP contribution in [-0.4, -0.2) is 42.5 Å². The van der Waals surface area contributed by atoms with Gasteiger partial charge in [-0.15, -0.1) is 0 Å². The summed E-state index contributed by atoms with van der Waals surface area (Å²) >= 11 is 0. The summed E-state index contributed by atoms with van der Waals surface area (Å²) in [5.74, 6) is -0.618. The zero-order valence-electron chi connectivity index (χ0n) is 10.5. The van der Waals surface area contributed by atoms with E-state index in [9.17, 15) is 9.59 Å². The van der Waals surface area contributed by atoms with Gasteiger partial charge in [-0.25, -0.2) is 0 Å². The van der Waals surface area contributed by atoms with E-state index in [1.165, 1.54) is 12.0 Å². The van der Waals surface area contributed by atoms with Crippen LogP contribution >= 0.6 is 0 Å². The molecular weight excluding hydrogens is 208 g/mol. The molecule has 5 heteroatoms. The van der Waals surface area contributed by atoms with Crippen molar-refractivity contribution in [2.45, 2.75) is 45.7 Å². The van der Waals surface area contributed by atoms with Crippen LogP contribution in [0.2, 0.25) is 0 Å². The number of carbonyl (C=O) groups excluding carboxylic acids is 2. The van der Waals surface area contributed by atoms with Gasteiger partial charge < -0.3 is 15.4 Å². The molecule has 16 heavy (non-hydrogen) atoms. The predicted molar refractivity (Wildman–Crippen MR) is 61.7 cm³/mol. The highest BCUT2D eigenvalue weighted by Crippen LogP contribution is 2.05. The minimum absolute atomic E-state index is 0.0373. The molecule has 0 aromatic heterocycles. The molecule has 0 saturated heterocycles. The number of ether oxygens (including phenoxy) is 1. The smallest absolute Gasteiger partial charge is 0.325 e. The van der Waals surface area contributed by atoms with Gasteiger partial charge in [-0.05, 0) is 20.3 Å². The maximum absolute atomic E-state index is 11.9. The molecule has 0 aliphatic carbocycles. The third-order valence-corrected chi connectivity index (χ3v) is 2.35. The fraction of sp³-hybridized carbons (Fsp3) is 0.818. The number of hydrogen-bond donors (Lipinski definition) is 1. The SMILES string of the molecule is CCC[C@H](N)C(=O)N(CC(=O)OC)C(C)C. The molecule has 0 aromatic rings. The highest BCUT2D eigenvalue weighted by Gasteiger charge is 2.24. The number of hydrogen-bond acceptors (Lipinski definition) is 4. The van der Waals surface area contributed by atoms with Crippen molar-refractivity contribution in [1.29, 1.82) is 0 Å². The van der Waals surface area contributed by atoms with Gasteiger partial charge in [-0.2, -0.15) is 0 Å². The van der Waals surface area contributed by atoms with Crippen LogP contribution in [0, 0.1) is 0 Å². The minimum atomic E-state index is -0.531.